The standard InChI is InChI=1S/C16H18N6O2S2/c1-10-3-4-12-13(8-25-14(12)5-10)15-18-19-16(20(15)2)26-9-21-7-11(6-17-21)22(23)24/h6-8,10H,3-5,9H2,1-2H3. The molecule has 1 atom stereocenters. The van der Waals surface area contributed by atoms with Gasteiger partial charge in [0, 0.05) is 22.9 Å². The Morgan fingerprint density at radius 1 is 1.46 bits per heavy atom. The third-order valence-electron chi connectivity index (χ3n) is 4.63. The lowest BCUT2D eigenvalue weighted by Crippen LogP contribution is -2.09. The molecule has 0 fully saturated rings. The molecule has 4 rings (SSSR count). The maximum absolute atomic E-state index is 10.7. The van der Waals surface area contributed by atoms with Crippen LogP contribution in [0.25, 0.3) is 11.4 Å². The van der Waals surface area contributed by atoms with Gasteiger partial charge in [-0.2, -0.15) is 5.10 Å². The van der Waals surface area contributed by atoms with E-state index in [9.17, 15) is 10.1 Å². The van der Waals surface area contributed by atoms with Crippen LogP contribution >= 0.6 is 23.1 Å². The predicted octanol–water partition coefficient (Wildman–Crippen LogP) is 3.52. The Balaban J connectivity index is 1.52. The molecule has 0 aromatic carbocycles. The Hall–Kier alpha value is -2.20. The van der Waals surface area contributed by atoms with Gasteiger partial charge in [-0.3, -0.25) is 14.8 Å². The summed E-state index contributed by atoms with van der Waals surface area (Å²) in [5.74, 6) is 2.07. The number of fused-ring (bicyclic) bond motifs is 1. The van der Waals surface area contributed by atoms with E-state index in [-0.39, 0.29) is 5.69 Å². The van der Waals surface area contributed by atoms with Crippen molar-refractivity contribution < 1.29 is 4.92 Å². The zero-order chi connectivity index (χ0) is 18.3. The van der Waals surface area contributed by atoms with Crippen molar-refractivity contribution in [2.45, 2.75) is 37.2 Å². The molecule has 3 aromatic heterocycles. The average molecular weight is 390 g/mol. The molecular formula is C16H18N6O2S2. The number of hydrogen-bond acceptors (Lipinski definition) is 7. The number of nitro groups is 1. The number of thioether (sulfide) groups is 1. The van der Waals surface area contributed by atoms with Crippen molar-refractivity contribution in [3.63, 3.8) is 0 Å². The molecule has 0 amide bonds. The summed E-state index contributed by atoms with van der Waals surface area (Å²) in [5, 5.41) is 26.4. The summed E-state index contributed by atoms with van der Waals surface area (Å²) in [6.07, 6.45) is 6.13. The van der Waals surface area contributed by atoms with Gasteiger partial charge in [0.25, 0.3) is 0 Å². The molecule has 3 heterocycles. The van der Waals surface area contributed by atoms with Crippen molar-refractivity contribution in [2.75, 3.05) is 0 Å². The normalized spacial score (nSPS) is 16.6. The molecule has 0 N–H and O–H groups in total. The van der Waals surface area contributed by atoms with Crippen LogP contribution in [0.5, 0.6) is 0 Å². The van der Waals surface area contributed by atoms with Gasteiger partial charge in [-0.25, -0.2) is 0 Å². The van der Waals surface area contributed by atoms with E-state index in [1.54, 1.807) is 0 Å². The lowest BCUT2D eigenvalue weighted by Gasteiger charge is -2.18. The fourth-order valence-electron chi connectivity index (χ4n) is 3.18. The predicted molar refractivity (Wildman–Crippen MR) is 100 cm³/mol. The number of aromatic nitrogens is 5. The Bertz CT molecular complexity index is 960. The van der Waals surface area contributed by atoms with Crippen LogP contribution in [0.1, 0.15) is 23.8 Å². The molecule has 8 nitrogen and oxygen atoms in total. The fraction of sp³-hybridized carbons (Fsp3) is 0.438. The van der Waals surface area contributed by atoms with E-state index in [1.807, 2.05) is 23.0 Å². The van der Waals surface area contributed by atoms with Gasteiger partial charge in [-0.15, -0.1) is 21.5 Å². The van der Waals surface area contributed by atoms with Crippen LogP contribution in [0, 0.1) is 16.0 Å². The van der Waals surface area contributed by atoms with E-state index in [4.69, 9.17) is 0 Å². The topological polar surface area (TPSA) is 91.7 Å². The third-order valence-corrected chi connectivity index (χ3v) is 6.69. The smallest absolute Gasteiger partial charge is 0.305 e. The minimum absolute atomic E-state index is 0.0108. The third kappa shape index (κ3) is 3.14. The Labute approximate surface area is 158 Å². The van der Waals surface area contributed by atoms with E-state index < -0.39 is 4.92 Å². The van der Waals surface area contributed by atoms with Gasteiger partial charge >= 0.3 is 5.69 Å². The van der Waals surface area contributed by atoms with Crippen molar-refractivity contribution in [1.29, 1.82) is 0 Å². The van der Waals surface area contributed by atoms with Crippen molar-refractivity contribution in [3.05, 3.63) is 38.3 Å². The quantitative estimate of drug-likeness (QED) is 0.376. The zero-order valence-electron chi connectivity index (χ0n) is 14.5. The average Bonchev–Trinajstić information content (AvgIpc) is 3.31. The number of thiophene rings is 1. The first kappa shape index (κ1) is 17.2. The molecule has 0 aliphatic heterocycles. The van der Waals surface area contributed by atoms with Crippen molar-refractivity contribution >= 4 is 28.8 Å². The maximum Gasteiger partial charge on any atom is 0.307 e. The first-order chi connectivity index (χ1) is 12.5. The molecule has 0 bridgehead atoms. The van der Waals surface area contributed by atoms with E-state index in [0.29, 0.717) is 5.88 Å². The van der Waals surface area contributed by atoms with Crippen molar-refractivity contribution in [1.82, 2.24) is 24.5 Å². The van der Waals surface area contributed by atoms with Gasteiger partial charge in [-0.05, 0) is 30.7 Å². The summed E-state index contributed by atoms with van der Waals surface area (Å²) in [7, 11) is 1.96. The maximum atomic E-state index is 10.7. The van der Waals surface area contributed by atoms with Crippen LogP contribution in [-0.4, -0.2) is 29.5 Å². The second-order valence-corrected chi connectivity index (χ2v) is 8.41. The van der Waals surface area contributed by atoms with Crippen LogP contribution in [0.4, 0.5) is 5.69 Å². The molecule has 1 aliphatic rings. The van der Waals surface area contributed by atoms with Crippen LogP contribution in [0.15, 0.2) is 22.9 Å². The Kier molecular flexibility index (Phi) is 4.53. The number of nitrogens with zero attached hydrogens (tertiary/aromatic N) is 6. The molecule has 1 aliphatic carbocycles. The molecule has 3 aromatic rings. The van der Waals surface area contributed by atoms with E-state index in [2.05, 4.69) is 27.6 Å². The fourth-order valence-corrected chi connectivity index (χ4v) is 5.19. The molecule has 10 heteroatoms. The van der Waals surface area contributed by atoms with Crippen LogP contribution in [0.2, 0.25) is 0 Å². The van der Waals surface area contributed by atoms with Gasteiger partial charge in [0.05, 0.1) is 10.8 Å². The second-order valence-electron chi connectivity index (χ2n) is 6.53. The Morgan fingerprint density at radius 2 is 2.31 bits per heavy atom. The molecule has 1 unspecified atom stereocenters. The zero-order valence-corrected chi connectivity index (χ0v) is 16.1. The largest absolute Gasteiger partial charge is 0.307 e. The number of hydrogen-bond donors (Lipinski definition) is 0. The molecule has 0 saturated carbocycles. The van der Waals surface area contributed by atoms with E-state index >= 15 is 0 Å². The molecule has 26 heavy (non-hydrogen) atoms. The minimum atomic E-state index is -0.449. The highest BCUT2D eigenvalue weighted by Crippen LogP contribution is 2.38. The minimum Gasteiger partial charge on any atom is -0.305 e. The summed E-state index contributed by atoms with van der Waals surface area (Å²) < 4.78 is 3.52. The second kappa shape index (κ2) is 6.84. The van der Waals surface area contributed by atoms with Crippen molar-refractivity contribution in [2.24, 2.45) is 13.0 Å². The first-order valence-corrected chi connectivity index (χ1v) is 10.2. The molecular weight excluding hydrogens is 372 g/mol. The van der Waals surface area contributed by atoms with Gasteiger partial charge in [0.2, 0.25) is 0 Å². The summed E-state index contributed by atoms with van der Waals surface area (Å²) in [6.45, 7) is 2.30. The van der Waals surface area contributed by atoms with E-state index in [0.717, 1.165) is 29.7 Å². The summed E-state index contributed by atoms with van der Waals surface area (Å²) in [4.78, 5) is 11.8. The SMILES string of the molecule is CC1CCc2c(-c3nnc(SCn4cc([N+](=O)[O-])cn4)n3C)csc2C1. The van der Waals surface area contributed by atoms with Crippen molar-refractivity contribution in [3.8, 4) is 11.4 Å². The summed E-state index contributed by atoms with van der Waals surface area (Å²) in [6, 6.07) is 0. The van der Waals surface area contributed by atoms with E-state index in [1.165, 1.54) is 51.3 Å². The van der Waals surface area contributed by atoms with Gasteiger partial charge < -0.3 is 4.57 Å². The summed E-state index contributed by atoms with van der Waals surface area (Å²) in [5.41, 5.74) is 2.60. The molecule has 0 radical (unpaired) electrons. The highest BCUT2D eigenvalue weighted by Gasteiger charge is 2.23. The molecule has 0 spiro atoms. The summed E-state index contributed by atoms with van der Waals surface area (Å²) >= 11 is 3.27. The highest BCUT2D eigenvalue weighted by atomic mass is 32.2. The number of rotatable bonds is 5. The van der Waals surface area contributed by atoms with Crippen LogP contribution in [-0.2, 0) is 25.8 Å². The van der Waals surface area contributed by atoms with Crippen LogP contribution < -0.4 is 0 Å². The lowest BCUT2D eigenvalue weighted by molar-refractivity contribution is -0.385. The molecule has 136 valence electrons. The van der Waals surface area contributed by atoms with Gasteiger partial charge in [-0.1, -0.05) is 18.7 Å². The first-order valence-electron chi connectivity index (χ1n) is 8.31. The lowest BCUT2D eigenvalue weighted by atomic mass is 9.88. The Morgan fingerprint density at radius 3 is 3.08 bits per heavy atom. The van der Waals surface area contributed by atoms with Crippen LogP contribution in [0.3, 0.4) is 0 Å². The highest BCUT2D eigenvalue weighted by molar-refractivity contribution is 7.98. The monoisotopic (exact) mass is 390 g/mol. The van der Waals surface area contributed by atoms with Gasteiger partial charge in [0.15, 0.2) is 11.0 Å². The van der Waals surface area contributed by atoms with Gasteiger partial charge in [0.1, 0.15) is 12.4 Å². The molecule has 0 saturated heterocycles.